The van der Waals surface area contributed by atoms with Crippen molar-refractivity contribution in [3.05, 3.63) is 23.8 Å². The number of ether oxygens (including phenoxy) is 2. The number of nitrogens with zero attached hydrogens (tertiary/aromatic N) is 1. The summed E-state index contributed by atoms with van der Waals surface area (Å²) in [5.74, 6) is 1.54. The maximum Gasteiger partial charge on any atom is 0.160 e. The summed E-state index contributed by atoms with van der Waals surface area (Å²) in [6.45, 7) is 2.83. The van der Waals surface area contributed by atoms with Crippen LogP contribution in [0.15, 0.2) is 18.2 Å². The van der Waals surface area contributed by atoms with Gasteiger partial charge in [0.1, 0.15) is 0 Å². The molecule has 1 aliphatic heterocycles. The molecule has 1 heterocycles. The second kappa shape index (κ2) is 6.92. The van der Waals surface area contributed by atoms with Crippen molar-refractivity contribution < 1.29 is 9.47 Å². The van der Waals surface area contributed by atoms with E-state index < -0.39 is 0 Å². The average molecular weight is 279 g/mol. The summed E-state index contributed by atoms with van der Waals surface area (Å²) >= 11 is 0. The van der Waals surface area contributed by atoms with Gasteiger partial charge in [-0.05, 0) is 30.5 Å². The molecule has 1 aliphatic rings. The van der Waals surface area contributed by atoms with E-state index in [1.807, 2.05) is 12.1 Å². The minimum absolute atomic E-state index is 0.198. The van der Waals surface area contributed by atoms with E-state index >= 15 is 0 Å². The fourth-order valence-corrected chi connectivity index (χ4v) is 2.78. The molecule has 1 saturated heterocycles. The van der Waals surface area contributed by atoms with Crippen molar-refractivity contribution in [3.8, 4) is 11.5 Å². The minimum atomic E-state index is 0.198. The maximum absolute atomic E-state index is 6.01. The van der Waals surface area contributed by atoms with E-state index in [2.05, 4.69) is 11.0 Å². The third-order valence-electron chi connectivity index (χ3n) is 3.76. The molecular weight excluding hydrogens is 254 g/mol. The van der Waals surface area contributed by atoms with Gasteiger partial charge in [0.05, 0.1) is 14.2 Å². The number of benzene rings is 1. The van der Waals surface area contributed by atoms with Gasteiger partial charge in [0, 0.05) is 31.7 Å². The van der Waals surface area contributed by atoms with Crippen LogP contribution in [0.4, 0.5) is 0 Å². The molecule has 112 valence electrons. The summed E-state index contributed by atoms with van der Waals surface area (Å²) in [4.78, 5) is 2.34. The molecule has 0 amide bonds. The van der Waals surface area contributed by atoms with Crippen LogP contribution in [0.1, 0.15) is 12.0 Å². The van der Waals surface area contributed by atoms with Crippen LogP contribution in [0.5, 0.6) is 11.5 Å². The van der Waals surface area contributed by atoms with Crippen LogP contribution < -0.4 is 20.9 Å². The van der Waals surface area contributed by atoms with Crippen molar-refractivity contribution >= 4 is 0 Å². The first-order valence-electron chi connectivity index (χ1n) is 7.06. The standard InChI is InChI=1S/C15H25N3O2/c1-19-14-4-3-11(7-15(14)20-2)5-6-18-9-12(16)8-13(17)10-18/h3-4,7,12-13H,5-6,8-10,16-17H2,1-2H3/t12-,13+. The Morgan fingerprint density at radius 2 is 1.75 bits per heavy atom. The first-order valence-corrected chi connectivity index (χ1v) is 7.06. The third kappa shape index (κ3) is 3.85. The number of nitrogens with two attached hydrogens (primary N) is 2. The molecule has 0 unspecified atom stereocenters. The van der Waals surface area contributed by atoms with Crippen LogP contribution in [0, 0.1) is 0 Å². The normalized spacial score (nSPS) is 23.6. The summed E-state index contributed by atoms with van der Waals surface area (Å²) in [6, 6.07) is 6.45. The van der Waals surface area contributed by atoms with E-state index in [9.17, 15) is 0 Å². The van der Waals surface area contributed by atoms with Crippen LogP contribution >= 0.6 is 0 Å². The van der Waals surface area contributed by atoms with E-state index in [1.165, 1.54) is 5.56 Å². The van der Waals surface area contributed by atoms with E-state index in [1.54, 1.807) is 14.2 Å². The molecule has 1 aromatic carbocycles. The lowest BCUT2D eigenvalue weighted by atomic mass is 10.0. The molecular formula is C15H25N3O2. The number of likely N-dealkylation sites (tertiary alicyclic amines) is 1. The number of hydrogen-bond donors (Lipinski definition) is 2. The molecule has 0 aromatic heterocycles. The highest BCUT2D eigenvalue weighted by atomic mass is 16.5. The Labute approximate surface area is 120 Å². The van der Waals surface area contributed by atoms with Crippen LogP contribution in [-0.4, -0.2) is 50.8 Å². The summed E-state index contributed by atoms with van der Waals surface area (Å²) in [5.41, 5.74) is 13.3. The van der Waals surface area contributed by atoms with Crippen LogP contribution in [0.2, 0.25) is 0 Å². The molecule has 4 N–H and O–H groups in total. The van der Waals surface area contributed by atoms with Crippen LogP contribution in [0.3, 0.4) is 0 Å². The highest BCUT2D eigenvalue weighted by Crippen LogP contribution is 2.27. The predicted octanol–water partition coefficient (Wildman–Crippen LogP) is 0.607. The monoisotopic (exact) mass is 279 g/mol. The molecule has 5 heteroatoms. The molecule has 0 aliphatic carbocycles. The van der Waals surface area contributed by atoms with Gasteiger partial charge in [-0.1, -0.05) is 6.07 Å². The summed E-state index contributed by atoms with van der Waals surface area (Å²) in [5, 5.41) is 0. The number of piperidine rings is 1. The van der Waals surface area contributed by atoms with E-state index in [0.717, 1.165) is 44.0 Å². The Morgan fingerprint density at radius 1 is 1.10 bits per heavy atom. The molecule has 0 saturated carbocycles. The highest BCUT2D eigenvalue weighted by Gasteiger charge is 2.22. The Bertz CT molecular complexity index is 429. The largest absolute Gasteiger partial charge is 0.493 e. The Morgan fingerprint density at radius 3 is 2.35 bits per heavy atom. The smallest absolute Gasteiger partial charge is 0.160 e. The van der Waals surface area contributed by atoms with Crippen molar-refractivity contribution in [2.45, 2.75) is 24.9 Å². The Kier molecular flexibility index (Phi) is 5.23. The quantitative estimate of drug-likeness (QED) is 0.826. The van der Waals surface area contributed by atoms with Gasteiger partial charge in [-0.25, -0.2) is 0 Å². The van der Waals surface area contributed by atoms with Gasteiger partial charge in [-0.3, -0.25) is 4.90 Å². The molecule has 0 bridgehead atoms. The van der Waals surface area contributed by atoms with E-state index in [4.69, 9.17) is 20.9 Å². The van der Waals surface area contributed by atoms with Gasteiger partial charge in [0.2, 0.25) is 0 Å². The Hall–Kier alpha value is -1.30. The topological polar surface area (TPSA) is 73.7 Å². The molecule has 1 fully saturated rings. The van der Waals surface area contributed by atoms with Crippen molar-refractivity contribution in [2.75, 3.05) is 33.9 Å². The SMILES string of the molecule is COc1ccc(CCN2C[C@H](N)C[C@H](N)C2)cc1OC. The molecule has 5 nitrogen and oxygen atoms in total. The van der Waals surface area contributed by atoms with Crippen molar-refractivity contribution in [1.82, 2.24) is 4.90 Å². The summed E-state index contributed by atoms with van der Waals surface area (Å²) < 4.78 is 10.6. The highest BCUT2D eigenvalue weighted by molar-refractivity contribution is 5.42. The van der Waals surface area contributed by atoms with Gasteiger partial charge in [0.25, 0.3) is 0 Å². The van der Waals surface area contributed by atoms with E-state index in [0.29, 0.717) is 0 Å². The number of methoxy groups -OCH3 is 2. The van der Waals surface area contributed by atoms with E-state index in [-0.39, 0.29) is 12.1 Å². The van der Waals surface area contributed by atoms with Crippen molar-refractivity contribution in [1.29, 1.82) is 0 Å². The molecule has 1 aromatic rings. The van der Waals surface area contributed by atoms with Gasteiger partial charge >= 0.3 is 0 Å². The Balaban J connectivity index is 1.93. The lowest BCUT2D eigenvalue weighted by Crippen LogP contribution is -2.52. The zero-order chi connectivity index (χ0) is 14.5. The molecule has 0 spiro atoms. The van der Waals surface area contributed by atoms with Crippen LogP contribution in [0.25, 0.3) is 0 Å². The van der Waals surface area contributed by atoms with Crippen LogP contribution in [-0.2, 0) is 6.42 Å². The number of hydrogen-bond acceptors (Lipinski definition) is 5. The first-order chi connectivity index (χ1) is 9.62. The fraction of sp³-hybridized carbons (Fsp3) is 0.600. The first kappa shape index (κ1) is 15.1. The molecule has 20 heavy (non-hydrogen) atoms. The average Bonchev–Trinajstić information content (AvgIpc) is 2.43. The van der Waals surface area contributed by atoms with Crippen molar-refractivity contribution in [2.24, 2.45) is 11.5 Å². The maximum atomic E-state index is 6.01. The zero-order valence-electron chi connectivity index (χ0n) is 12.3. The van der Waals surface area contributed by atoms with Gasteiger partial charge < -0.3 is 20.9 Å². The third-order valence-corrected chi connectivity index (χ3v) is 3.76. The fourth-order valence-electron chi connectivity index (χ4n) is 2.78. The molecule has 2 atom stereocenters. The van der Waals surface area contributed by atoms with Gasteiger partial charge in [-0.2, -0.15) is 0 Å². The predicted molar refractivity (Wildman–Crippen MR) is 80.3 cm³/mol. The van der Waals surface area contributed by atoms with Crippen molar-refractivity contribution in [3.63, 3.8) is 0 Å². The number of rotatable bonds is 5. The zero-order valence-corrected chi connectivity index (χ0v) is 12.3. The molecule has 0 radical (unpaired) electrons. The molecule has 2 rings (SSSR count). The summed E-state index contributed by atoms with van der Waals surface area (Å²) in [6.07, 6.45) is 1.88. The van der Waals surface area contributed by atoms with Gasteiger partial charge in [0.15, 0.2) is 11.5 Å². The summed E-state index contributed by atoms with van der Waals surface area (Å²) in [7, 11) is 3.30. The van der Waals surface area contributed by atoms with Gasteiger partial charge in [-0.15, -0.1) is 0 Å². The lowest BCUT2D eigenvalue weighted by molar-refractivity contribution is 0.192. The second-order valence-electron chi connectivity index (χ2n) is 5.45. The lowest BCUT2D eigenvalue weighted by Gasteiger charge is -2.34. The second-order valence-corrected chi connectivity index (χ2v) is 5.45. The minimum Gasteiger partial charge on any atom is -0.493 e.